The van der Waals surface area contributed by atoms with Gasteiger partial charge in [0.15, 0.2) is 5.65 Å². The molecule has 0 bridgehead atoms. The Kier molecular flexibility index (Phi) is 4.18. The molecule has 0 atom stereocenters. The van der Waals surface area contributed by atoms with Crippen LogP contribution in [0.25, 0.3) is 11.2 Å². The molecular weight excluding hydrogens is 294 g/mol. The number of anilines is 1. The molecule has 0 spiro atoms. The van der Waals surface area contributed by atoms with E-state index in [1.165, 1.54) is 6.33 Å². The molecule has 0 aliphatic rings. The van der Waals surface area contributed by atoms with E-state index in [1.807, 2.05) is 24.3 Å². The summed E-state index contributed by atoms with van der Waals surface area (Å²) in [5.41, 5.74) is 8.88. The number of ether oxygens (including phenoxy) is 1. The number of nitrogens with two attached hydrogens (primary N) is 1. The van der Waals surface area contributed by atoms with Crippen LogP contribution in [0, 0.1) is 0 Å². The van der Waals surface area contributed by atoms with Crippen molar-refractivity contribution < 1.29 is 9.53 Å². The fourth-order valence-corrected chi connectivity index (χ4v) is 2.20. The van der Waals surface area contributed by atoms with Gasteiger partial charge in [0.2, 0.25) is 11.8 Å². The Morgan fingerprint density at radius 2 is 1.96 bits per heavy atom. The number of carbonyl (C=O) groups excluding carboxylic acids is 1. The Morgan fingerprint density at radius 3 is 2.70 bits per heavy atom. The first-order chi connectivity index (χ1) is 11.1. The van der Waals surface area contributed by atoms with Gasteiger partial charge >= 0.3 is 0 Å². The smallest absolute Gasteiger partial charge is 0.245 e. The third-order valence-corrected chi connectivity index (χ3v) is 3.43. The zero-order chi connectivity index (χ0) is 16.2. The first-order valence-electron chi connectivity index (χ1n) is 7.28. The van der Waals surface area contributed by atoms with Gasteiger partial charge < -0.3 is 20.2 Å². The molecule has 7 heteroatoms. The first kappa shape index (κ1) is 15.0. The number of carbonyl (C=O) groups is 1. The number of rotatable bonds is 6. The van der Waals surface area contributed by atoms with Gasteiger partial charge in [0.25, 0.3) is 0 Å². The predicted octanol–water partition coefficient (Wildman–Crippen LogP) is 2.04. The number of aromatic nitrogens is 4. The van der Waals surface area contributed by atoms with E-state index in [0.717, 1.165) is 17.5 Å². The number of nitrogen functional groups attached to an aromatic ring is 1. The lowest BCUT2D eigenvalue weighted by Gasteiger charge is -2.07. The molecule has 0 radical (unpaired) electrons. The zero-order valence-corrected chi connectivity index (χ0v) is 12.7. The van der Waals surface area contributed by atoms with Gasteiger partial charge in [0.05, 0.1) is 6.33 Å². The second-order valence-corrected chi connectivity index (χ2v) is 5.30. The summed E-state index contributed by atoms with van der Waals surface area (Å²) >= 11 is 0. The van der Waals surface area contributed by atoms with Crippen molar-refractivity contribution >= 4 is 22.9 Å². The minimum atomic E-state index is 0.124. The van der Waals surface area contributed by atoms with E-state index < -0.39 is 0 Å². The molecule has 3 rings (SSSR count). The van der Waals surface area contributed by atoms with Gasteiger partial charge in [0.1, 0.15) is 17.9 Å². The van der Waals surface area contributed by atoms with Crippen molar-refractivity contribution in [1.29, 1.82) is 0 Å². The molecule has 3 aromatic rings. The Bertz CT molecular complexity index is 826. The molecule has 0 aliphatic carbocycles. The van der Waals surface area contributed by atoms with E-state index in [2.05, 4.69) is 19.9 Å². The molecule has 0 saturated heterocycles. The van der Waals surface area contributed by atoms with E-state index in [4.69, 9.17) is 10.5 Å². The highest BCUT2D eigenvalue weighted by Gasteiger charge is 2.09. The topological polar surface area (TPSA) is 107 Å². The molecular formula is C16H17N5O2. The number of aryl methyl sites for hydroxylation is 1. The average molecular weight is 311 g/mol. The van der Waals surface area contributed by atoms with E-state index in [0.29, 0.717) is 30.1 Å². The number of hydrogen-bond acceptors (Lipinski definition) is 6. The number of nitrogens with zero attached hydrogens (tertiary/aromatic N) is 3. The van der Waals surface area contributed by atoms with Crippen molar-refractivity contribution in [3.05, 3.63) is 41.7 Å². The lowest BCUT2D eigenvalue weighted by atomic mass is 10.1. The maximum atomic E-state index is 11.0. The highest BCUT2D eigenvalue weighted by Crippen LogP contribution is 2.20. The predicted molar refractivity (Wildman–Crippen MR) is 85.9 cm³/mol. The second-order valence-electron chi connectivity index (χ2n) is 5.30. The van der Waals surface area contributed by atoms with Crippen LogP contribution in [0.5, 0.6) is 5.88 Å². The number of Topliss-reactive ketones (excluding diaryl/α,β-unsaturated/α-hetero) is 1. The molecule has 3 N–H and O–H groups in total. The van der Waals surface area contributed by atoms with Gasteiger partial charge in [0, 0.05) is 6.42 Å². The van der Waals surface area contributed by atoms with Crippen molar-refractivity contribution in [2.75, 3.05) is 5.73 Å². The Labute approximate surface area is 132 Å². The number of aromatic amines is 1. The van der Waals surface area contributed by atoms with Crippen LogP contribution in [0.4, 0.5) is 5.95 Å². The highest BCUT2D eigenvalue weighted by atomic mass is 16.5. The average Bonchev–Trinajstić information content (AvgIpc) is 2.99. The van der Waals surface area contributed by atoms with E-state index >= 15 is 0 Å². The summed E-state index contributed by atoms with van der Waals surface area (Å²) in [6.07, 6.45) is 2.84. The van der Waals surface area contributed by atoms with Crippen molar-refractivity contribution in [3.63, 3.8) is 0 Å². The van der Waals surface area contributed by atoms with Crippen LogP contribution in [0.15, 0.2) is 30.6 Å². The summed E-state index contributed by atoms with van der Waals surface area (Å²) in [6.45, 7) is 1.96. The summed E-state index contributed by atoms with van der Waals surface area (Å²) in [5.74, 6) is 0.701. The minimum Gasteiger partial charge on any atom is -0.471 e. The van der Waals surface area contributed by atoms with Gasteiger partial charge in [-0.15, -0.1) is 0 Å². The quantitative estimate of drug-likeness (QED) is 0.721. The van der Waals surface area contributed by atoms with Crippen LogP contribution in [0.3, 0.4) is 0 Å². The SMILES string of the molecule is CC(=O)CCc1ccc(COc2nc(N)nc3nc[nH]c23)cc1. The standard InChI is InChI=1S/C16H17N5O2/c1-10(22)2-3-11-4-6-12(7-5-11)8-23-15-13-14(19-9-18-13)20-16(17)21-15/h4-7,9H,2-3,8H2,1H3,(H3,17,18,19,20,21). The molecule has 0 fully saturated rings. The second kappa shape index (κ2) is 6.43. The summed E-state index contributed by atoms with van der Waals surface area (Å²) < 4.78 is 5.73. The lowest BCUT2D eigenvalue weighted by molar-refractivity contribution is -0.116. The summed E-state index contributed by atoms with van der Waals surface area (Å²) in [7, 11) is 0. The molecule has 7 nitrogen and oxygen atoms in total. The van der Waals surface area contributed by atoms with Crippen LogP contribution in [0.1, 0.15) is 24.5 Å². The molecule has 2 heterocycles. The van der Waals surface area contributed by atoms with Crippen LogP contribution < -0.4 is 10.5 Å². The third kappa shape index (κ3) is 3.63. The first-order valence-corrected chi connectivity index (χ1v) is 7.28. The highest BCUT2D eigenvalue weighted by molar-refractivity contribution is 5.76. The maximum absolute atomic E-state index is 11.0. The van der Waals surface area contributed by atoms with Gasteiger partial charge in [-0.3, -0.25) is 0 Å². The molecule has 1 aromatic carbocycles. The maximum Gasteiger partial charge on any atom is 0.245 e. The van der Waals surface area contributed by atoms with E-state index in [1.54, 1.807) is 6.92 Å². The van der Waals surface area contributed by atoms with Crippen molar-refractivity contribution in [2.45, 2.75) is 26.4 Å². The Balaban J connectivity index is 1.67. The van der Waals surface area contributed by atoms with Crippen LogP contribution in [-0.2, 0) is 17.8 Å². The largest absolute Gasteiger partial charge is 0.471 e. The van der Waals surface area contributed by atoms with E-state index in [9.17, 15) is 4.79 Å². The minimum absolute atomic E-state index is 0.124. The number of ketones is 1. The summed E-state index contributed by atoms with van der Waals surface area (Å²) in [4.78, 5) is 26.1. The lowest BCUT2D eigenvalue weighted by Crippen LogP contribution is -2.02. The number of hydrogen-bond donors (Lipinski definition) is 2. The zero-order valence-electron chi connectivity index (χ0n) is 12.7. The third-order valence-electron chi connectivity index (χ3n) is 3.43. The molecule has 2 aromatic heterocycles. The van der Waals surface area contributed by atoms with Gasteiger partial charge in [-0.2, -0.15) is 9.97 Å². The summed E-state index contributed by atoms with van der Waals surface area (Å²) in [6, 6.07) is 7.96. The van der Waals surface area contributed by atoms with Crippen LogP contribution in [0.2, 0.25) is 0 Å². The molecule has 0 unspecified atom stereocenters. The van der Waals surface area contributed by atoms with Crippen LogP contribution >= 0.6 is 0 Å². The van der Waals surface area contributed by atoms with Crippen molar-refractivity contribution in [1.82, 2.24) is 19.9 Å². The van der Waals surface area contributed by atoms with E-state index in [-0.39, 0.29) is 11.7 Å². The molecule has 118 valence electrons. The number of nitrogens with one attached hydrogen (secondary N) is 1. The number of imidazole rings is 1. The fourth-order valence-electron chi connectivity index (χ4n) is 2.20. The van der Waals surface area contributed by atoms with Crippen LogP contribution in [-0.4, -0.2) is 25.7 Å². The number of fused-ring (bicyclic) bond motifs is 1. The Hall–Kier alpha value is -2.96. The molecule has 0 saturated carbocycles. The molecule has 0 amide bonds. The Morgan fingerprint density at radius 1 is 1.22 bits per heavy atom. The number of benzene rings is 1. The van der Waals surface area contributed by atoms with Gasteiger partial charge in [-0.25, -0.2) is 4.98 Å². The molecule has 0 aliphatic heterocycles. The monoisotopic (exact) mass is 311 g/mol. The fraction of sp³-hybridized carbons (Fsp3) is 0.250. The van der Waals surface area contributed by atoms with Gasteiger partial charge in [-0.05, 0) is 24.5 Å². The van der Waals surface area contributed by atoms with Crippen molar-refractivity contribution in [2.24, 2.45) is 0 Å². The molecule has 23 heavy (non-hydrogen) atoms. The van der Waals surface area contributed by atoms with Gasteiger partial charge in [-0.1, -0.05) is 24.3 Å². The normalized spacial score (nSPS) is 10.8. The van der Waals surface area contributed by atoms with Crippen molar-refractivity contribution in [3.8, 4) is 5.88 Å². The number of H-pyrrole nitrogens is 1. The summed E-state index contributed by atoms with van der Waals surface area (Å²) in [5, 5.41) is 0.